The number of carbonyl (C=O) groups excluding carboxylic acids is 1. The van der Waals surface area contributed by atoms with Gasteiger partial charge in [-0.2, -0.15) is 0 Å². The molecule has 1 aromatic heterocycles. The Morgan fingerprint density at radius 1 is 1.29 bits per heavy atom. The first-order valence-electron chi connectivity index (χ1n) is 7.37. The molecular weight excluding hydrogens is 268 g/mol. The Morgan fingerprint density at radius 3 is 2.33 bits per heavy atom. The van der Waals surface area contributed by atoms with Gasteiger partial charge < -0.3 is 5.11 Å². The van der Waals surface area contributed by atoms with Crippen molar-refractivity contribution < 1.29 is 14.7 Å². The first kappa shape index (κ1) is 17.1. The van der Waals surface area contributed by atoms with Gasteiger partial charge in [-0.25, -0.2) is 4.98 Å². The summed E-state index contributed by atoms with van der Waals surface area (Å²) >= 11 is 0. The van der Waals surface area contributed by atoms with E-state index in [2.05, 4.69) is 4.98 Å². The topological polar surface area (TPSA) is 70.5 Å². The van der Waals surface area contributed by atoms with Crippen LogP contribution in [0.5, 0.6) is 0 Å². The Balaban J connectivity index is 3.07. The number of carboxylic acid groups (broad SMARTS) is 1. The maximum Gasteiger partial charge on any atom is 0.308 e. The molecule has 5 nitrogen and oxygen atoms in total. The second-order valence-electron chi connectivity index (χ2n) is 5.40. The van der Waals surface area contributed by atoms with Crippen molar-refractivity contribution in [2.24, 2.45) is 11.8 Å². The Morgan fingerprint density at radius 2 is 1.90 bits per heavy atom. The SMILES string of the molecule is CCC(CC)C(=O)N(CC(C)C(=O)O)c1ccc(C)cn1. The van der Waals surface area contributed by atoms with Crippen molar-refractivity contribution in [3.8, 4) is 0 Å². The summed E-state index contributed by atoms with van der Waals surface area (Å²) in [6.45, 7) is 7.59. The molecule has 1 atom stereocenters. The number of aromatic nitrogens is 1. The molecule has 21 heavy (non-hydrogen) atoms. The highest BCUT2D eigenvalue weighted by Crippen LogP contribution is 2.20. The van der Waals surface area contributed by atoms with Crippen LogP contribution in [-0.4, -0.2) is 28.5 Å². The van der Waals surface area contributed by atoms with Crippen LogP contribution >= 0.6 is 0 Å². The predicted octanol–water partition coefficient (Wildman–Crippen LogP) is 2.88. The lowest BCUT2D eigenvalue weighted by molar-refractivity contribution is -0.140. The molecule has 0 radical (unpaired) electrons. The van der Waals surface area contributed by atoms with E-state index in [4.69, 9.17) is 5.11 Å². The largest absolute Gasteiger partial charge is 0.481 e. The van der Waals surface area contributed by atoms with Gasteiger partial charge in [0.25, 0.3) is 0 Å². The van der Waals surface area contributed by atoms with Crippen molar-refractivity contribution in [3.63, 3.8) is 0 Å². The molecular formula is C16H24N2O3. The molecule has 0 aliphatic heterocycles. The van der Waals surface area contributed by atoms with E-state index in [1.807, 2.05) is 26.8 Å². The summed E-state index contributed by atoms with van der Waals surface area (Å²) in [5.41, 5.74) is 1.000. The zero-order chi connectivity index (χ0) is 16.0. The van der Waals surface area contributed by atoms with E-state index < -0.39 is 11.9 Å². The lowest BCUT2D eigenvalue weighted by atomic mass is 10.0. The van der Waals surface area contributed by atoms with E-state index in [-0.39, 0.29) is 18.4 Å². The molecule has 5 heteroatoms. The van der Waals surface area contributed by atoms with Crippen molar-refractivity contribution >= 4 is 17.7 Å². The zero-order valence-corrected chi connectivity index (χ0v) is 13.2. The Kier molecular flexibility index (Phi) is 6.34. The molecule has 0 spiro atoms. The molecule has 1 N–H and O–H groups in total. The number of hydrogen-bond acceptors (Lipinski definition) is 3. The minimum atomic E-state index is -0.913. The molecule has 1 aromatic rings. The third-order valence-corrected chi connectivity index (χ3v) is 3.65. The van der Waals surface area contributed by atoms with Gasteiger partial charge in [0.1, 0.15) is 5.82 Å². The highest BCUT2D eigenvalue weighted by molar-refractivity contribution is 5.94. The molecule has 0 fully saturated rings. The smallest absolute Gasteiger partial charge is 0.308 e. The molecule has 1 heterocycles. The summed E-state index contributed by atoms with van der Waals surface area (Å²) in [7, 11) is 0. The number of pyridine rings is 1. The molecule has 1 amide bonds. The monoisotopic (exact) mass is 292 g/mol. The second kappa shape index (κ2) is 7.76. The maximum absolute atomic E-state index is 12.6. The van der Waals surface area contributed by atoms with E-state index in [1.54, 1.807) is 19.2 Å². The number of amides is 1. The molecule has 0 bridgehead atoms. The molecule has 1 unspecified atom stereocenters. The highest BCUT2D eigenvalue weighted by Gasteiger charge is 2.27. The number of carboxylic acids is 1. The molecule has 0 aliphatic rings. The summed E-state index contributed by atoms with van der Waals surface area (Å²) in [5.74, 6) is -1.18. The van der Waals surface area contributed by atoms with E-state index >= 15 is 0 Å². The van der Waals surface area contributed by atoms with E-state index in [9.17, 15) is 9.59 Å². The standard InChI is InChI=1S/C16H24N2O3/c1-5-13(6-2)15(19)18(10-12(4)16(20)21)14-8-7-11(3)9-17-14/h7-9,12-13H,5-6,10H2,1-4H3,(H,20,21). The van der Waals surface area contributed by atoms with Gasteiger partial charge in [-0.15, -0.1) is 0 Å². The van der Waals surface area contributed by atoms with Crippen LogP contribution in [0.25, 0.3) is 0 Å². The fourth-order valence-corrected chi connectivity index (χ4v) is 2.13. The number of hydrogen-bond donors (Lipinski definition) is 1. The number of anilines is 1. The van der Waals surface area contributed by atoms with Crippen LogP contribution in [0.15, 0.2) is 18.3 Å². The van der Waals surface area contributed by atoms with Crippen LogP contribution < -0.4 is 4.90 Å². The lowest BCUT2D eigenvalue weighted by Gasteiger charge is -2.27. The average Bonchev–Trinajstić information content (AvgIpc) is 2.46. The van der Waals surface area contributed by atoms with Crippen molar-refractivity contribution in [1.82, 2.24) is 4.98 Å². The molecule has 0 saturated carbocycles. The quantitative estimate of drug-likeness (QED) is 0.839. The number of carbonyl (C=O) groups is 2. The number of rotatable bonds is 7. The maximum atomic E-state index is 12.6. The van der Waals surface area contributed by atoms with Gasteiger partial charge in [0, 0.05) is 18.7 Å². The summed E-state index contributed by atoms with van der Waals surface area (Å²) in [6, 6.07) is 3.64. The molecule has 0 aromatic carbocycles. The van der Waals surface area contributed by atoms with E-state index in [1.165, 1.54) is 4.90 Å². The number of aliphatic carboxylic acids is 1. The van der Waals surface area contributed by atoms with Crippen LogP contribution in [0.4, 0.5) is 5.82 Å². The van der Waals surface area contributed by atoms with Crippen LogP contribution in [-0.2, 0) is 9.59 Å². The fraction of sp³-hybridized carbons (Fsp3) is 0.562. The van der Waals surface area contributed by atoms with Crippen molar-refractivity contribution in [2.75, 3.05) is 11.4 Å². The minimum Gasteiger partial charge on any atom is -0.481 e. The van der Waals surface area contributed by atoms with Crippen molar-refractivity contribution in [2.45, 2.75) is 40.5 Å². The summed E-state index contributed by atoms with van der Waals surface area (Å²) < 4.78 is 0. The van der Waals surface area contributed by atoms with Crippen LogP contribution in [0, 0.1) is 18.8 Å². The summed E-state index contributed by atoms with van der Waals surface area (Å²) in [4.78, 5) is 29.5. The fourth-order valence-electron chi connectivity index (χ4n) is 2.13. The zero-order valence-electron chi connectivity index (χ0n) is 13.2. The minimum absolute atomic E-state index is 0.0514. The van der Waals surface area contributed by atoms with Crippen LogP contribution in [0.2, 0.25) is 0 Å². The van der Waals surface area contributed by atoms with Crippen molar-refractivity contribution in [1.29, 1.82) is 0 Å². The molecule has 0 aliphatic carbocycles. The van der Waals surface area contributed by atoms with Gasteiger partial charge >= 0.3 is 5.97 Å². The molecule has 0 saturated heterocycles. The van der Waals surface area contributed by atoms with E-state index in [0.717, 1.165) is 18.4 Å². The van der Waals surface area contributed by atoms with Crippen LogP contribution in [0.1, 0.15) is 39.2 Å². The number of nitrogens with zero attached hydrogens (tertiary/aromatic N) is 2. The molecule has 1 rings (SSSR count). The molecule has 116 valence electrons. The van der Waals surface area contributed by atoms with Gasteiger partial charge in [-0.1, -0.05) is 26.8 Å². The Labute approximate surface area is 126 Å². The Hall–Kier alpha value is -1.91. The highest BCUT2D eigenvalue weighted by atomic mass is 16.4. The van der Waals surface area contributed by atoms with E-state index in [0.29, 0.717) is 5.82 Å². The summed E-state index contributed by atoms with van der Waals surface area (Å²) in [5, 5.41) is 9.10. The van der Waals surface area contributed by atoms with Gasteiger partial charge in [-0.05, 0) is 31.4 Å². The first-order valence-corrected chi connectivity index (χ1v) is 7.37. The summed E-state index contributed by atoms with van der Waals surface area (Å²) in [6.07, 6.45) is 3.16. The third kappa shape index (κ3) is 4.55. The van der Waals surface area contributed by atoms with Crippen LogP contribution in [0.3, 0.4) is 0 Å². The first-order chi connectivity index (χ1) is 9.90. The van der Waals surface area contributed by atoms with Gasteiger partial charge in [0.2, 0.25) is 5.91 Å². The van der Waals surface area contributed by atoms with Gasteiger partial charge in [0.05, 0.1) is 5.92 Å². The normalized spacial score (nSPS) is 12.2. The second-order valence-corrected chi connectivity index (χ2v) is 5.40. The lowest BCUT2D eigenvalue weighted by Crippen LogP contribution is -2.41. The average molecular weight is 292 g/mol. The number of aryl methyl sites for hydroxylation is 1. The predicted molar refractivity (Wildman–Crippen MR) is 82.2 cm³/mol. The van der Waals surface area contributed by atoms with Crippen molar-refractivity contribution in [3.05, 3.63) is 23.9 Å². The van der Waals surface area contributed by atoms with Gasteiger partial charge in [0.15, 0.2) is 0 Å². The van der Waals surface area contributed by atoms with Gasteiger partial charge in [-0.3, -0.25) is 14.5 Å². The Bertz CT molecular complexity index is 481. The third-order valence-electron chi connectivity index (χ3n) is 3.65.